The molecule has 0 spiro atoms. The van der Waals surface area contributed by atoms with Crippen molar-refractivity contribution in [3.63, 3.8) is 0 Å². The Hall–Kier alpha value is -3.61. The van der Waals surface area contributed by atoms with E-state index in [1.165, 1.54) is 0 Å². The summed E-state index contributed by atoms with van der Waals surface area (Å²) in [7, 11) is 3.27. The van der Waals surface area contributed by atoms with Crippen LogP contribution in [0.3, 0.4) is 0 Å². The molecular weight excluding hydrogens is 368 g/mol. The van der Waals surface area contributed by atoms with Crippen molar-refractivity contribution in [2.24, 2.45) is 0 Å². The Labute approximate surface area is 169 Å². The van der Waals surface area contributed by atoms with E-state index in [0.29, 0.717) is 12.5 Å². The highest BCUT2D eigenvalue weighted by Gasteiger charge is 2.20. The standard InChI is InChI=1S/C22H22N4O3/c1-28-16-9-14(10-17(12-16)29-2)7-8-23-22-24-13-15-11-20(27)25-19-6-4-3-5-18(19)21(15)26-22/h3-6,9-10,12-13H,7-8,11H2,1-2H3,(H,25,27)(H,23,24,26). The van der Waals surface area contributed by atoms with Crippen LogP contribution in [-0.2, 0) is 17.6 Å². The Balaban J connectivity index is 1.52. The molecule has 0 fully saturated rings. The van der Waals surface area contributed by atoms with E-state index < -0.39 is 0 Å². The molecule has 2 aromatic carbocycles. The minimum absolute atomic E-state index is 0.0625. The number of rotatable bonds is 6. The minimum Gasteiger partial charge on any atom is -0.497 e. The Morgan fingerprint density at radius 1 is 1.10 bits per heavy atom. The molecule has 0 saturated carbocycles. The molecule has 4 rings (SSSR count). The van der Waals surface area contributed by atoms with Crippen molar-refractivity contribution in [1.82, 2.24) is 9.97 Å². The summed E-state index contributed by atoms with van der Waals surface area (Å²) in [5.74, 6) is 1.99. The summed E-state index contributed by atoms with van der Waals surface area (Å²) < 4.78 is 10.6. The highest BCUT2D eigenvalue weighted by atomic mass is 16.5. The number of benzene rings is 2. The maximum absolute atomic E-state index is 12.1. The third-order valence-electron chi connectivity index (χ3n) is 4.78. The van der Waals surface area contributed by atoms with Crippen molar-refractivity contribution < 1.29 is 14.3 Å². The van der Waals surface area contributed by atoms with Gasteiger partial charge in [-0.15, -0.1) is 0 Å². The fourth-order valence-corrected chi connectivity index (χ4v) is 3.35. The summed E-state index contributed by atoms with van der Waals surface area (Å²) >= 11 is 0. The van der Waals surface area contributed by atoms with Crippen LogP contribution in [0, 0.1) is 0 Å². The monoisotopic (exact) mass is 390 g/mol. The van der Waals surface area contributed by atoms with Gasteiger partial charge in [0.05, 0.1) is 32.0 Å². The van der Waals surface area contributed by atoms with E-state index in [0.717, 1.165) is 46.0 Å². The molecule has 0 aliphatic carbocycles. The first-order chi connectivity index (χ1) is 14.2. The lowest BCUT2D eigenvalue weighted by molar-refractivity contribution is -0.115. The number of anilines is 2. The summed E-state index contributed by atoms with van der Waals surface area (Å²) in [5.41, 5.74) is 4.35. The van der Waals surface area contributed by atoms with Crippen molar-refractivity contribution >= 4 is 17.5 Å². The van der Waals surface area contributed by atoms with E-state index in [4.69, 9.17) is 9.47 Å². The second-order valence-corrected chi connectivity index (χ2v) is 6.74. The number of hydrogen-bond acceptors (Lipinski definition) is 6. The lowest BCUT2D eigenvalue weighted by Gasteiger charge is -2.11. The fraction of sp³-hybridized carbons (Fsp3) is 0.227. The van der Waals surface area contributed by atoms with E-state index in [2.05, 4.69) is 20.6 Å². The summed E-state index contributed by atoms with van der Waals surface area (Å²) in [4.78, 5) is 21.2. The van der Waals surface area contributed by atoms with Gasteiger partial charge in [0, 0.05) is 29.9 Å². The van der Waals surface area contributed by atoms with E-state index in [1.807, 2.05) is 42.5 Å². The Morgan fingerprint density at radius 2 is 1.86 bits per heavy atom. The molecule has 0 unspecified atom stereocenters. The molecule has 1 aliphatic heterocycles. The summed E-state index contributed by atoms with van der Waals surface area (Å²) in [5, 5.41) is 6.20. The number of amides is 1. The Bertz CT molecular complexity index is 1030. The van der Waals surface area contributed by atoms with Gasteiger partial charge in [-0.25, -0.2) is 9.97 Å². The number of methoxy groups -OCH3 is 2. The van der Waals surface area contributed by atoms with Crippen LogP contribution in [0.5, 0.6) is 11.5 Å². The van der Waals surface area contributed by atoms with Crippen LogP contribution in [0.1, 0.15) is 11.1 Å². The maximum atomic E-state index is 12.1. The second-order valence-electron chi connectivity index (χ2n) is 6.74. The van der Waals surface area contributed by atoms with Gasteiger partial charge in [0.15, 0.2) is 0 Å². The number of aromatic nitrogens is 2. The van der Waals surface area contributed by atoms with Gasteiger partial charge >= 0.3 is 0 Å². The molecule has 0 saturated heterocycles. The maximum Gasteiger partial charge on any atom is 0.228 e. The number of fused-ring (bicyclic) bond motifs is 3. The minimum atomic E-state index is -0.0625. The first kappa shape index (κ1) is 18.7. The number of nitrogens with one attached hydrogen (secondary N) is 2. The molecule has 1 aromatic heterocycles. The smallest absolute Gasteiger partial charge is 0.228 e. The highest BCUT2D eigenvalue weighted by Crippen LogP contribution is 2.32. The molecule has 0 radical (unpaired) electrons. The van der Waals surface area contributed by atoms with Crippen LogP contribution < -0.4 is 20.1 Å². The van der Waals surface area contributed by atoms with Gasteiger partial charge in [-0.2, -0.15) is 0 Å². The Kier molecular flexibility index (Phi) is 5.29. The molecule has 1 aliphatic rings. The number of ether oxygens (including phenoxy) is 2. The first-order valence-electron chi connectivity index (χ1n) is 9.37. The average molecular weight is 390 g/mol. The predicted molar refractivity (Wildman–Crippen MR) is 112 cm³/mol. The molecule has 148 valence electrons. The van der Waals surface area contributed by atoms with Gasteiger partial charge in [-0.05, 0) is 30.2 Å². The van der Waals surface area contributed by atoms with Crippen LogP contribution in [0.25, 0.3) is 11.3 Å². The Morgan fingerprint density at radius 3 is 2.62 bits per heavy atom. The normalized spacial score (nSPS) is 12.3. The van der Waals surface area contributed by atoms with E-state index >= 15 is 0 Å². The zero-order chi connectivity index (χ0) is 20.2. The third kappa shape index (κ3) is 4.13. The zero-order valence-corrected chi connectivity index (χ0v) is 16.4. The molecule has 7 heteroatoms. The van der Waals surface area contributed by atoms with Gasteiger partial charge in [0.1, 0.15) is 11.5 Å². The van der Waals surface area contributed by atoms with Crippen molar-refractivity contribution in [1.29, 1.82) is 0 Å². The predicted octanol–water partition coefficient (Wildman–Crippen LogP) is 3.31. The fourth-order valence-electron chi connectivity index (χ4n) is 3.35. The second kappa shape index (κ2) is 8.18. The van der Waals surface area contributed by atoms with Crippen molar-refractivity contribution in [2.75, 3.05) is 31.4 Å². The molecule has 1 amide bonds. The van der Waals surface area contributed by atoms with Crippen LogP contribution in [0.4, 0.5) is 11.6 Å². The van der Waals surface area contributed by atoms with Gasteiger partial charge in [-0.3, -0.25) is 4.79 Å². The molecule has 29 heavy (non-hydrogen) atoms. The van der Waals surface area contributed by atoms with Crippen molar-refractivity contribution in [3.05, 3.63) is 59.8 Å². The summed E-state index contributed by atoms with van der Waals surface area (Å²) in [6.45, 7) is 0.647. The average Bonchev–Trinajstić information content (AvgIpc) is 2.88. The molecule has 0 bridgehead atoms. The van der Waals surface area contributed by atoms with Crippen LogP contribution in [0.15, 0.2) is 48.7 Å². The number of hydrogen-bond donors (Lipinski definition) is 2. The first-order valence-corrected chi connectivity index (χ1v) is 9.37. The molecule has 2 heterocycles. The van der Waals surface area contributed by atoms with Gasteiger partial charge < -0.3 is 20.1 Å². The van der Waals surface area contributed by atoms with Crippen LogP contribution in [0.2, 0.25) is 0 Å². The number of carbonyl (C=O) groups is 1. The van der Waals surface area contributed by atoms with E-state index in [1.54, 1.807) is 20.4 Å². The summed E-state index contributed by atoms with van der Waals surface area (Å²) in [6, 6.07) is 13.5. The molecule has 7 nitrogen and oxygen atoms in total. The number of carbonyl (C=O) groups excluding carboxylic acids is 1. The number of nitrogens with zero attached hydrogens (tertiary/aromatic N) is 2. The molecular formula is C22H22N4O3. The van der Waals surface area contributed by atoms with E-state index in [-0.39, 0.29) is 12.3 Å². The third-order valence-corrected chi connectivity index (χ3v) is 4.78. The van der Waals surface area contributed by atoms with Crippen LogP contribution in [-0.4, -0.2) is 36.6 Å². The molecule has 3 aromatic rings. The SMILES string of the molecule is COc1cc(CCNc2ncc3c(n2)-c2ccccc2NC(=O)C3)cc(OC)c1. The molecule has 2 N–H and O–H groups in total. The van der Waals surface area contributed by atoms with Crippen molar-refractivity contribution in [3.8, 4) is 22.8 Å². The topological polar surface area (TPSA) is 85.4 Å². The quantitative estimate of drug-likeness (QED) is 0.672. The lowest BCUT2D eigenvalue weighted by Crippen LogP contribution is -2.13. The largest absolute Gasteiger partial charge is 0.497 e. The molecule has 0 atom stereocenters. The zero-order valence-electron chi connectivity index (χ0n) is 16.4. The van der Waals surface area contributed by atoms with Gasteiger partial charge in [0.25, 0.3) is 0 Å². The van der Waals surface area contributed by atoms with Gasteiger partial charge in [-0.1, -0.05) is 18.2 Å². The lowest BCUT2D eigenvalue weighted by atomic mass is 10.1. The summed E-state index contributed by atoms with van der Waals surface area (Å²) in [6.07, 6.45) is 2.74. The van der Waals surface area contributed by atoms with Crippen LogP contribution >= 0.6 is 0 Å². The van der Waals surface area contributed by atoms with E-state index in [9.17, 15) is 4.79 Å². The number of para-hydroxylation sites is 1. The van der Waals surface area contributed by atoms with Crippen molar-refractivity contribution in [2.45, 2.75) is 12.8 Å². The van der Waals surface area contributed by atoms with Gasteiger partial charge in [0.2, 0.25) is 11.9 Å². The highest BCUT2D eigenvalue weighted by molar-refractivity contribution is 5.99.